The minimum absolute atomic E-state index is 0.0207. The van der Waals surface area contributed by atoms with Crippen LogP contribution in [0.2, 0.25) is 5.02 Å². The fourth-order valence-corrected chi connectivity index (χ4v) is 1.34. The third kappa shape index (κ3) is 4.44. The molecule has 0 unspecified atom stereocenters. The maximum atomic E-state index is 11.5. The van der Waals surface area contributed by atoms with E-state index in [0.717, 1.165) is 6.42 Å². The third-order valence-electron chi connectivity index (χ3n) is 2.28. The Morgan fingerprint density at radius 3 is 2.65 bits per heavy atom. The number of amides is 2. The number of carbonyl (C=O) groups is 2. The summed E-state index contributed by atoms with van der Waals surface area (Å²) in [6.07, 6.45) is 0.774. The molecule has 0 saturated carbocycles. The number of carbonyl (C=O) groups excluding carboxylic acids is 2. The van der Waals surface area contributed by atoms with Gasteiger partial charge in [-0.3, -0.25) is 9.59 Å². The summed E-state index contributed by atoms with van der Waals surface area (Å²) >= 11 is 5.76. The Labute approximate surface area is 105 Å². The van der Waals surface area contributed by atoms with Crippen molar-refractivity contribution < 1.29 is 9.59 Å². The molecule has 0 aliphatic heterocycles. The molecule has 2 amide bonds. The summed E-state index contributed by atoms with van der Waals surface area (Å²) < 4.78 is 0. The zero-order chi connectivity index (χ0) is 12.8. The normalized spacial score (nSPS) is 11.7. The molecule has 4 nitrogen and oxygen atoms in total. The van der Waals surface area contributed by atoms with E-state index in [4.69, 9.17) is 11.6 Å². The van der Waals surface area contributed by atoms with Gasteiger partial charge in [-0.2, -0.15) is 0 Å². The summed E-state index contributed by atoms with van der Waals surface area (Å²) in [7, 11) is 0. The molecule has 92 valence electrons. The zero-order valence-corrected chi connectivity index (χ0v) is 10.5. The smallest absolute Gasteiger partial charge is 0.313 e. The Kier molecular flexibility index (Phi) is 4.97. The van der Waals surface area contributed by atoms with Gasteiger partial charge in [0.25, 0.3) is 0 Å². The van der Waals surface area contributed by atoms with Gasteiger partial charge in [0.15, 0.2) is 0 Å². The van der Waals surface area contributed by atoms with Crippen molar-refractivity contribution in [3.63, 3.8) is 0 Å². The van der Waals surface area contributed by atoms with Gasteiger partial charge in [0.1, 0.15) is 0 Å². The van der Waals surface area contributed by atoms with Crippen LogP contribution in [0.15, 0.2) is 24.3 Å². The Bertz CT molecular complexity index is 421. The molecule has 0 aromatic heterocycles. The van der Waals surface area contributed by atoms with Gasteiger partial charge in [-0.25, -0.2) is 0 Å². The van der Waals surface area contributed by atoms with E-state index in [1.54, 1.807) is 24.3 Å². The maximum absolute atomic E-state index is 11.5. The van der Waals surface area contributed by atoms with E-state index in [1.165, 1.54) is 0 Å². The highest BCUT2D eigenvalue weighted by Crippen LogP contribution is 2.14. The number of halogens is 1. The molecule has 1 aromatic rings. The van der Waals surface area contributed by atoms with Gasteiger partial charge in [-0.05, 0) is 31.5 Å². The standard InChI is InChI=1S/C12H15ClN2O2/c1-3-8(2)14-11(16)12(17)15-10-6-4-5-9(13)7-10/h4-8H,3H2,1-2H3,(H,14,16)(H,15,17)/t8-/m1/s1. The van der Waals surface area contributed by atoms with Crippen LogP contribution in [0, 0.1) is 0 Å². The average Bonchev–Trinajstić information content (AvgIpc) is 2.28. The molecular weight excluding hydrogens is 240 g/mol. The monoisotopic (exact) mass is 254 g/mol. The van der Waals surface area contributed by atoms with Crippen molar-refractivity contribution in [2.75, 3.05) is 5.32 Å². The van der Waals surface area contributed by atoms with Crippen molar-refractivity contribution in [2.45, 2.75) is 26.3 Å². The van der Waals surface area contributed by atoms with Crippen LogP contribution in [0.3, 0.4) is 0 Å². The van der Waals surface area contributed by atoms with E-state index in [2.05, 4.69) is 10.6 Å². The first-order valence-corrected chi connectivity index (χ1v) is 5.78. The second-order valence-corrected chi connectivity index (χ2v) is 4.18. The maximum Gasteiger partial charge on any atom is 0.313 e. The highest BCUT2D eigenvalue weighted by atomic mass is 35.5. The number of anilines is 1. The lowest BCUT2D eigenvalue weighted by atomic mass is 10.2. The average molecular weight is 255 g/mol. The number of rotatable bonds is 3. The SMILES string of the molecule is CC[C@@H](C)NC(=O)C(=O)Nc1cccc(Cl)c1. The van der Waals surface area contributed by atoms with Crippen molar-refractivity contribution >= 4 is 29.1 Å². The van der Waals surface area contributed by atoms with Crippen LogP contribution in [-0.4, -0.2) is 17.9 Å². The first-order chi connectivity index (χ1) is 8.02. The van der Waals surface area contributed by atoms with Crippen LogP contribution in [0.1, 0.15) is 20.3 Å². The van der Waals surface area contributed by atoms with Gasteiger partial charge in [-0.1, -0.05) is 24.6 Å². The molecule has 0 fully saturated rings. The number of hydrogen-bond donors (Lipinski definition) is 2. The Morgan fingerprint density at radius 2 is 2.06 bits per heavy atom. The van der Waals surface area contributed by atoms with Crippen molar-refractivity contribution in [3.05, 3.63) is 29.3 Å². The highest BCUT2D eigenvalue weighted by molar-refractivity contribution is 6.39. The van der Waals surface area contributed by atoms with Crippen LogP contribution >= 0.6 is 11.6 Å². The van der Waals surface area contributed by atoms with Gasteiger partial charge in [0.2, 0.25) is 0 Å². The van der Waals surface area contributed by atoms with Gasteiger partial charge in [0.05, 0.1) is 0 Å². The van der Waals surface area contributed by atoms with Gasteiger partial charge >= 0.3 is 11.8 Å². The van der Waals surface area contributed by atoms with Crippen LogP contribution < -0.4 is 10.6 Å². The lowest BCUT2D eigenvalue weighted by molar-refractivity contribution is -0.136. The summed E-state index contributed by atoms with van der Waals surface area (Å²) in [5.74, 6) is -1.33. The van der Waals surface area contributed by atoms with Gasteiger partial charge < -0.3 is 10.6 Å². The minimum Gasteiger partial charge on any atom is -0.345 e. The van der Waals surface area contributed by atoms with Crippen molar-refractivity contribution in [2.24, 2.45) is 0 Å². The first kappa shape index (κ1) is 13.5. The molecule has 0 aliphatic carbocycles. The zero-order valence-electron chi connectivity index (χ0n) is 9.79. The molecular formula is C12H15ClN2O2. The first-order valence-electron chi connectivity index (χ1n) is 5.40. The molecule has 2 N–H and O–H groups in total. The predicted octanol–water partition coefficient (Wildman–Crippen LogP) is 2.19. The second-order valence-electron chi connectivity index (χ2n) is 3.75. The number of hydrogen-bond acceptors (Lipinski definition) is 2. The second kappa shape index (κ2) is 6.25. The van der Waals surface area contributed by atoms with E-state index < -0.39 is 11.8 Å². The summed E-state index contributed by atoms with van der Waals surface area (Å²) in [5, 5.41) is 5.56. The van der Waals surface area contributed by atoms with Crippen LogP contribution in [0.5, 0.6) is 0 Å². The molecule has 5 heteroatoms. The van der Waals surface area contributed by atoms with E-state index in [-0.39, 0.29) is 6.04 Å². The van der Waals surface area contributed by atoms with Crippen LogP contribution in [-0.2, 0) is 9.59 Å². The molecule has 1 aromatic carbocycles. The molecule has 17 heavy (non-hydrogen) atoms. The predicted molar refractivity (Wildman–Crippen MR) is 68.0 cm³/mol. The third-order valence-corrected chi connectivity index (χ3v) is 2.51. The Hall–Kier alpha value is -1.55. The lowest BCUT2D eigenvalue weighted by Crippen LogP contribution is -2.40. The molecule has 0 aliphatic rings. The minimum atomic E-state index is -0.687. The Balaban J connectivity index is 2.57. The number of benzene rings is 1. The topological polar surface area (TPSA) is 58.2 Å². The fourth-order valence-electron chi connectivity index (χ4n) is 1.15. The summed E-state index contributed by atoms with van der Waals surface area (Å²) in [5.41, 5.74) is 0.502. The van der Waals surface area contributed by atoms with Gasteiger partial charge in [0, 0.05) is 16.8 Å². The molecule has 0 heterocycles. The molecule has 0 spiro atoms. The quantitative estimate of drug-likeness (QED) is 0.813. The molecule has 1 rings (SSSR count). The van der Waals surface area contributed by atoms with Crippen LogP contribution in [0.4, 0.5) is 5.69 Å². The summed E-state index contributed by atoms with van der Waals surface area (Å²) in [4.78, 5) is 23.0. The van der Waals surface area contributed by atoms with Crippen molar-refractivity contribution in [3.8, 4) is 0 Å². The lowest BCUT2D eigenvalue weighted by Gasteiger charge is -2.11. The van der Waals surface area contributed by atoms with Gasteiger partial charge in [-0.15, -0.1) is 0 Å². The summed E-state index contributed by atoms with van der Waals surface area (Å²) in [6, 6.07) is 6.62. The molecule has 1 atom stereocenters. The van der Waals surface area contributed by atoms with E-state index in [0.29, 0.717) is 10.7 Å². The van der Waals surface area contributed by atoms with E-state index in [1.807, 2.05) is 13.8 Å². The van der Waals surface area contributed by atoms with Crippen molar-refractivity contribution in [1.29, 1.82) is 0 Å². The Morgan fingerprint density at radius 1 is 1.35 bits per heavy atom. The van der Waals surface area contributed by atoms with Crippen LogP contribution in [0.25, 0.3) is 0 Å². The summed E-state index contributed by atoms with van der Waals surface area (Å²) in [6.45, 7) is 3.77. The molecule has 0 radical (unpaired) electrons. The molecule has 0 bridgehead atoms. The fraction of sp³-hybridized carbons (Fsp3) is 0.333. The van der Waals surface area contributed by atoms with E-state index in [9.17, 15) is 9.59 Å². The highest BCUT2D eigenvalue weighted by Gasteiger charge is 2.15. The molecule has 0 saturated heterocycles. The number of nitrogens with one attached hydrogen (secondary N) is 2. The largest absolute Gasteiger partial charge is 0.345 e. The van der Waals surface area contributed by atoms with E-state index >= 15 is 0 Å². The van der Waals surface area contributed by atoms with Crippen molar-refractivity contribution in [1.82, 2.24) is 5.32 Å².